The van der Waals surface area contributed by atoms with E-state index in [1.54, 1.807) is 24.4 Å². The van der Waals surface area contributed by atoms with Crippen LogP contribution in [0, 0.1) is 10.1 Å². The summed E-state index contributed by atoms with van der Waals surface area (Å²) in [4.78, 5) is 15.2. The molecular weight excluding hydrogens is 268 g/mol. The zero-order valence-electron chi connectivity index (χ0n) is 11.7. The van der Waals surface area contributed by atoms with Crippen molar-refractivity contribution < 1.29 is 4.92 Å². The van der Waals surface area contributed by atoms with Crippen molar-refractivity contribution in [1.82, 2.24) is 10.3 Å². The van der Waals surface area contributed by atoms with Crippen LogP contribution in [0.4, 0.5) is 11.4 Å². The lowest BCUT2D eigenvalue weighted by atomic mass is 10.1. The number of rotatable bonds is 5. The van der Waals surface area contributed by atoms with Crippen LogP contribution >= 0.6 is 0 Å². The first-order valence-electron chi connectivity index (χ1n) is 7.25. The summed E-state index contributed by atoms with van der Waals surface area (Å²) in [7, 11) is 0. The maximum Gasteiger partial charge on any atom is 0.301 e. The molecule has 2 N–H and O–H groups in total. The number of fused-ring (bicyclic) bond motifs is 1. The quantitative estimate of drug-likeness (QED) is 0.652. The number of hydrogen-bond donors (Lipinski definition) is 2. The Balaban J connectivity index is 1.80. The van der Waals surface area contributed by atoms with Gasteiger partial charge in [0.1, 0.15) is 5.69 Å². The molecule has 1 aliphatic heterocycles. The summed E-state index contributed by atoms with van der Waals surface area (Å²) < 4.78 is 0. The number of nitro groups is 1. The molecule has 0 amide bonds. The molecule has 21 heavy (non-hydrogen) atoms. The van der Waals surface area contributed by atoms with Crippen molar-refractivity contribution in [2.75, 3.05) is 18.4 Å². The van der Waals surface area contributed by atoms with Crippen molar-refractivity contribution in [2.45, 2.75) is 25.3 Å². The van der Waals surface area contributed by atoms with Crippen molar-refractivity contribution in [3.8, 4) is 0 Å². The van der Waals surface area contributed by atoms with Gasteiger partial charge in [-0.25, -0.2) is 0 Å². The number of anilines is 1. The van der Waals surface area contributed by atoms with E-state index in [4.69, 9.17) is 0 Å². The average Bonchev–Trinajstić information content (AvgIpc) is 3.00. The highest BCUT2D eigenvalue weighted by Crippen LogP contribution is 2.32. The topological polar surface area (TPSA) is 80.1 Å². The molecule has 1 aromatic heterocycles. The Morgan fingerprint density at radius 1 is 1.43 bits per heavy atom. The molecule has 110 valence electrons. The maximum absolute atomic E-state index is 11.4. The van der Waals surface area contributed by atoms with Crippen LogP contribution in [0.25, 0.3) is 10.9 Å². The van der Waals surface area contributed by atoms with Crippen molar-refractivity contribution in [3.05, 3.63) is 40.6 Å². The number of pyridine rings is 1. The second kappa shape index (κ2) is 6.05. The smallest absolute Gasteiger partial charge is 0.301 e. The summed E-state index contributed by atoms with van der Waals surface area (Å²) in [6.45, 7) is 1.80. The predicted octanol–water partition coefficient (Wildman–Crippen LogP) is 2.70. The number of nitro benzene ring substituents is 1. The van der Waals surface area contributed by atoms with Gasteiger partial charge >= 0.3 is 5.69 Å². The molecule has 6 nitrogen and oxygen atoms in total. The third-order valence-electron chi connectivity index (χ3n) is 3.91. The summed E-state index contributed by atoms with van der Waals surface area (Å²) >= 11 is 0. The van der Waals surface area contributed by atoms with E-state index >= 15 is 0 Å². The molecule has 1 aromatic carbocycles. The fraction of sp³-hybridized carbons (Fsp3) is 0.400. The number of hydrogen-bond acceptors (Lipinski definition) is 5. The summed E-state index contributed by atoms with van der Waals surface area (Å²) in [6.07, 6.45) is 5.02. The minimum atomic E-state index is -0.333. The standard InChI is InChI=1S/C15H18N4O2/c20-19(21)15-12-4-2-9-17-13(12)5-6-14(15)18-10-7-11-3-1-8-16-11/h2,4-6,9,11,16,18H,1,3,7-8,10H2/t11-/m0/s1. The van der Waals surface area contributed by atoms with Crippen LogP contribution in [0.15, 0.2) is 30.5 Å². The molecule has 0 bridgehead atoms. The number of aromatic nitrogens is 1. The highest BCUT2D eigenvalue weighted by atomic mass is 16.6. The van der Waals surface area contributed by atoms with Gasteiger partial charge in [-0.05, 0) is 50.1 Å². The van der Waals surface area contributed by atoms with Crippen molar-refractivity contribution >= 4 is 22.3 Å². The maximum atomic E-state index is 11.4. The van der Waals surface area contributed by atoms with E-state index in [-0.39, 0.29) is 10.6 Å². The molecule has 0 unspecified atom stereocenters. The first-order chi connectivity index (χ1) is 10.3. The molecule has 1 fully saturated rings. The first kappa shape index (κ1) is 13.8. The van der Waals surface area contributed by atoms with Crippen LogP contribution in [0.3, 0.4) is 0 Å². The van der Waals surface area contributed by atoms with Crippen LogP contribution in [-0.4, -0.2) is 29.0 Å². The van der Waals surface area contributed by atoms with E-state index in [2.05, 4.69) is 15.6 Å². The highest BCUT2D eigenvalue weighted by Gasteiger charge is 2.19. The van der Waals surface area contributed by atoms with Crippen LogP contribution in [0.2, 0.25) is 0 Å². The lowest BCUT2D eigenvalue weighted by Gasteiger charge is -2.12. The molecule has 6 heteroatoms. The number of nitrogens with zero attached hydrogens (tertiary/aromatic N) is 2. The highest BCUT2D eigenvalue weighted by molar-refractivity contribution is 5.94. The van der Waals surface area contributed by atoms with Crippen molar-refractivity contribution in [1.29, 1.82) is 0 Å². The molecule has 1 saturated heterocycles. The summed E-state index contributed by atoms with van der Waals surface area (Å²) in [5.74, 6) is 0. The number of benzene rings is 1. The van der Waals surface area contributed by atoms with Gasteiger partial charge < -0.3 is 10.6 Å². The van der Waals surface area contributed by atoms with Crippen LogP contribution in [0.1, 0.15) is 19.3 Å². The monoisotopic (exact) mass is 286 g/mol. The Hall–Kier alpha value is -2.21. The van der Waals surface area contributed by atoms with Crippen molar-refractivity contribution in [2.24, 2.45) is 0 Å². The second-order valence-electron chi connectivity index (χ2n) is 5.30. The summed E-state index contributed by atoms with van der Waals surface area (Å²) in [6, 6.07) is 7.55. The van der Waals surface area contributed by atoms with Gasteiger partial charge in [0.2, 0.25) is 0 Å². The SMILES string of the molecule is O=[N+]([O-])c1c(NCC[C@@H]2CCCN2)ccc2ncccc12. The van der Waals surface area contributed by atoms with Crippen LogP contribution in [-0.2, 0) is 0 Å². The van der Waals surface area contributed by atoms with Gasteiger partial charge in [-0.1, -0.05) is 0 Å². The molecule has 0 saturated carbocycles. The molecule has 2 aromatic rings. The van der Waals surface area contributed by atoms with Gasteiger partial charge in [0.25, 0.3) is 0 Å². The largest absolute Gasteiger partial charge is 0.379 e. The minimum Gasteiger partial charge on any atom is -0.379 e. The fourth-order valence-corrected chi connectivity index (χ4v) is 2.86. The van der Waals surface area contributed by atoms with Gasteiger partial charge in [-0.3, -0.25) is 15.1 Å². The molecule has 0 radical (unpaired) electrons. The second-order valence-corrected chi connectivity index (χ2v) is 5.30. The minimum absolute atomic E-state index is 0.111. The molecule has 2 heterocycles. The normalized spacial score (nSPS) is 18.0. The Morgan fingerprint density at radius 2 is 2.33 bits per heavy atom. The Bertz CT molecular complexity index is 653. The Labute approximate surface area is 122 Å². The molecule has 3 rings (SSSR count). The Kier molecular flexibility index (Phi) is 3.96. The third kappa shape index (κ3) is 2.95. The third-order valence-corrected chi connectivity index (χ3v) is 3.91. The van der Waals surface area contributed by atoms with E-state index in [1.807, 2.05) is 6.07 Å². The fourth-order valence-electron chi connectivity index (χ4n) is 2.86. The molecule has 1 atom stereocenters. The molecule has 0 aliphatic carbocycles. The molecule has 1 aliphatic rings. The summed E-state index contributed by atoms with van der Waals surface area (Å²) in [5, 5.41) is 18.6. The van der Waals surface area contributed by atoms with Gasteiger partial charge in [0.15, 0.2) is 0 Å². The van der Waals surface area contributed by atoms with Gasteiger partial charge in [0.05, 0.1) is 15.8 Å². The molecule has 0 spiro atoms. The van der Waals surface area contributed by atoms with E-state index in [1.165, 1.54) is 12.8 Å². The summed E-state index contributed by atoms with van der Waals surface area (Å²) in [5.41, 5.74) is 1.32. The van der Waals surface area contributed by atoms with Gasteiger partial charge in [0, 0.05) is 18.8 Å². The molecular formula is C15H18N4O2. The lowest BCUT2D eigenvalue weighted by molar-refractivity contribution is -0.382. The van der Waals surface area contributed by atoms with Crippen LogP contribution in [0.5, 0.6) is 0 Å². The Morgan fingerprint density at radius 3 is 3.10 bits per heavy atom. The lowest BCUT2D eigenvalue weighted by Crippen LogP contribution is -2.24. The number of nitrogens with one attached hydrogen (secondary N) is 2. The predicted molar refractivity (Wildman–Crippen MR) is 82.5 cm³/mol. The van der Waals surface area contributed by atoms with Crippen molar-refractivity contribution in [3.63, 3.8) is 0 Å². The average molecular weight is 286 g/mol. The van der Waals surface area contributed by atoms with Crippen LogP contribution < -0.4 is 10.6 Å². The van der Waals surface area contributed by atoms with E-state index < -0.39 is 0 Å². The van der Waals surface area contributed by atoms with E-state index in [0.717, 1.165) is 19.5 Å². The van der Waals surface area contributed by atoms with E-state index in [0.29, 0.717) is 22.6 Å². The van der Waals surface area contributed by atoms with Gasteiger partial charge in [-0.2, -0.15) is 0 Å². The van der Waals surface area contributed by atoms with E-state index in [9.17, 15) is 10.1 Å². The zero-order chi connectivity index (χ0) is 14.7. The first-order valence-corrected chi connectivity index (χ1v) is 7.25. The zero-order valence-corrected chi connectivity index (χ0v) is 11.7. The van der Waals surface area contributed by atoms with Gasteiger partial charge in [-0.15, -0.1) is 0 Å².